The minimum absolute atomic E-state index is 0.237. The number of carbonyl (C=O) groups excluding carboxylic acids is 4. The normalized spacial score (nSPS) is 18.2. The van der Waals surface area contributed by atoms with E-state index in [1.807, 2.05) is 48.5 Å². The maximum atomic E-state index is 13.4. The van der Waals surface area contributed by atoms with Gasteiger partial charge in [-0.25, -0.2) is 0 Å². The van der Waals surface area contributed by atoms with Crippen LogP contribution in [-0.2, 0) is 38.1 Å². The van der Waals surface area contributed by atoms with Gasteiger partial charge < -0.3 is 23.5 Å². The van der Waals surface area contributed by atoms with Crippen molar-refractivity contribution in [3.05, 3.63) is 48.5 Å². The molecular weight excluding hydrogens is 430 g/mol. The zero-order valence-corrected chi connectivity index (χ0v) is 18.6. The minimum Gasteiger partial charge on any atom is -0.468 e. The van der Waals surface area contributed by atoms with E-state index in [-0.39, 0.29) is 6.42 Å². The highest BCUT2D eigenvalue weighted by atomic mass is 16.6. The lowest BCUT2D eigenvalue weighted by Gasteiger charge is -2.56. The fraction of sp³-hybridized carbons (Fsp3) is 0.333. The molecule has 2 aromatic carbocycles. The molecule has 1 heterocycles. The van der Waals surface area contributed by atoms with Crippen molar-refractivity contribution in [2.24, 2.45) is 10.8 Å². The number of rotatable bonds is 5. The first kappa shape index (κ1) is 22.3. The predicted octanol–water partition coefficient (Wildman–Crippen LogP) is 2.40. The summed E-state index contributed by atoms with van der Waals surface area (Å²) in [5.41, 5.74) is -3.23. The standard InChI is InChI=1S/C24H23NO8/c1-30-19(26)23(20(27)31-2)13-18(24(23,21(28)32-3)22(29)33-4)25-16-11-7-5-9-14(16)15-10-6-8-12-17(15)25/h5-12,18H,13H2,1-4H3. The van der Waals surface area contributed by atoms with Crippen molar-refractivity contribution >= 4 is 45.7 Å². The van der Waals surface area contributed by atoms with Crippen molar-refractivity contribution in [3.63, 3.8) is 0 Å². The van der Waals surface area contributed by atoms with Gasteiger partial charge in [0.25, 0.3) is 0 Å². The van der Waals surface area contributed by atoms with Gasteiger partial charge >= 0.3 is 23.9 Å². The molecule has 1 saturated carbocycles. The van der Waals surface area contributed by atoms with Crippen LogP contribution < -0.4 is 0 Å². The molecule has 0 radical (unpaired) electrons. The average Bonchev–Trinajstić information content (AvgIpc) is 3.17. The molecule has 0 amide bonds. The maximum Gasteiger partial charge on any atom is 0.327 e. The Labute approximate surface area is 189 Å². The second kappa shape index (κ2) is 7.91. The lowest BCUT2D eigenvalue weighted by molar-refractivity contribution is -0.226. The highest BCUT2D eigenvalue weighted by molar-refractivity contribution is 6.18. The summed E-state index contributed by atoms with van der Waals surface area (Å²) >= 11 is 0. The Hall–Kier alpha value is -3.88. The van der Waals surface area contributed by atoms with Crippen molar-refractivity contribution in [1.29, 1.82) is 0 Å². The summed E-state index contributed by atoms with van der Waals surface area (Å²) in [7, 11) is 4.29. The molecule has 1 aromatic heterocycles. The van der Waals surface area contributed by atoms with Gasteiger partial charge in [-0.2, -0.15) is 0 Å². The van der Waals surface area contributed by atoms with Crippen LogP contribution in [0.25, 0.3) is 21.8 Å². The van der Waals surface area contributed by atoms with Gasteiger partial charge in [0.2, 0.25) is 5.41 Å². The molecule has 3 aromatic rings. The average molecular weight is 453 g/mol. The monoisotopic (exact) mass is 453 g/mol. The lowest BCUT2D eigenvalue weighted by Crippen LogP contribution is -2.73. The Balaban J connectivity index is 2.12. The Morgan fingerprint density at radius 3 is 1.48 bits per heavy atom. The molecule has 1 unspecified atom stereocenters. The van der Waals surface area contributed by atoms with Gasteiger partial charge in [0.1, 0.15) is 0 Å². The van der Waals surface area contributed by atoms with Crippen LogP contribution in [0, 0.1) is 10.8 Å². The highest BCUT2D eigenvalue weighted by Crippen LogP contribution is 2.66. The molecule has 4 rings (SSSR count). The van der Waals surface area contributed by atoms with E-state index >= 15 is 0 Å². The smallest absolute Gasteiger partial charge is 0.327 e. The van der Waals surface area contributed by atoms with Crippen LogP contribution in [0.4, 0.5) is 0 Å². The van der Waals surface area contributed by atoms with E-state index in [0.29, 0.717) is 11.0 Å². The maximum absolute atomic E-state index is 13.4. The largest absolute Gasteiger partial charge is 0.468 e. The lowest BCUT2D eigenvalue weighted by atomic mass is 9.45. The number of fused-ring (bicyclic) bond motifs is 3. The van der Waals surface area contributed by atoms with Crippen LogP contribution in [0.2, 0.25) is 0 Å². The SMILES string of the molecule is COC(=O)C1(C(=O)OC)CC(n2c3ccccc3c3ccccc32)C1(C(=O)OC)C(=O)OC. The number of carbonyl (C=O) groups is 4. The van der Waals surface area contributed by atoms with E-state index in [9.17, 15) is 19.2 Å². The Morgan fingerprint density at radius 1 is 0.697 bits per heavy atom. The fourth-order valence-corrected chi connectivity index (χ4v) is 5.28. The predicted molar refractivity (Wildman–Crippen MR) is 116 cm³/mol. The number of methoxy groups -OCH3 is 4. The molecule has 9 heteroatoms. The van der Waals surface area contributed by atoms with E-state index in [1.165, 1.54) is 0 Å². The molecule has 1 aliphatic rings. The number of aromatic nitrogens is 1. The van der Waals surface area contributed by atoms with Crippen molar-refractivity contribution in [1.82, 2.24) is 4.57 Å². The molecule has 9 nitrogen and oxygen atoms in total. The van der Waals surface area contributed by atoms with Gasteiger partial charge in [0.15, 0.2) is 5.41 Å². The minimum atomic E-state index is -2.37. The van der Waals surface area contributed by atoms with Gasteiger partial charge in [0, 0.05) is 21.8 Å². The molecule has 1 aliphatic carbocycles. The second-order valence-electron chi connectivity index (χ2n) is 7.80. The summed E-state index contributed by atoms with van der Waals surface area (Å²) in [6, 6.07) is 13.9. The molecule has 1 atom stereocenters. The highest BCUT2D eigenvalue weighted by Gasteiger charge is 2.84. The molecule has 0 bridgehead atoms. The third kappa shape index (κ3) is 2.59. The van der Waals surface area contributed by atoms with E-state index in [0.717, 1.165) is 39.2 Å². The number of nitrogens with zero attached hydrogens (tertiary/aromatic N) is 1. The van der Waals surface area contributed by atoms with Crippen LogP contribution in [0.5, 0.6) is 0 Å². The van der Waals surface area contributed by atoms with Crippen molar-refractivity contribution in [3.8, 4) is 0 Å². The summed E-state index contributed by atoms with van der Waals surface area (Å²) in [5, 5.41) is 1.76. The second-order valence-corrected chi connectivity index (χ2v) is 7.80. The fourth-order valence-electron chi connectivity index (χ4n) is 5.28. The van der Waals surface area contributed by atoms with Crippen LogP contribution >= 0.6 is 0 Å². The van der Waals surface area contributed by atoms with Crippen molar-refractivity contribution in [2.45, 2.75) is 12.5 Å². The molecule has 0 spiro atoms. The zero-order chi connectivity index (χ0) is 24.0. The molecule has 172 valence electrons. The number of esters is 4. The molecule has 1 fully saturated rings. The van der Waals surface area contributed by atoms with Gasteiger partial charge in [-0.05, 0) is 18.6 Å². The number of benzene rings is 2. The summed E-state index contributed by atoms with van der Waals surface area (Å²) in [4.78, 5) is 52.9. The zero-order valence-electron chi connectivity index (χ0n) is 18.6. The van der Waals surface area contributed by atoms with Gasteiger partial charge in [-0.15, -0.1) is 0 Å². The van der Waals surface area contributed by atoms with E-state index in [2.05, 4.69) is 0 Å². The number of hydrogen-bond donors (Lipinski definition) is 0. The Bertz CT molecular complexity index is 1200. The first-order chi connectivity index (χ1) is 15.9. The number of hydrogen-bond acceptors (Lipinski definition) is 8. The van der Waals surface area contributed by atoms with E-state index < -0.39 is 40.7 Å². The van der Waals surface area contributed by atoms with Crippen LogP contribution in [-0.4, -0.2) is 56.9 Å². The Morgan fingerprint density at radius 2 is 1.09 bits per heavy atom. The van der Waals surface area contributed by atoms with Crippen molar-refractivity contribution < 1.29 is 38.1 Å². The van der Waals surface area contributed by atoms with Gasteiger partial charge in [-0.1, -0.05) is 36.4 Å². The third-order valence-electron chi connectivity index (χ3n) is 6.68. The summed E-state index contributed by atoms with van der Waals surface area (Å²) < 4.78 is 21.6. The van der Waals surface area contributed by atoms with Crippen LogP contribution in [0.1, 0.15) is 12.5 Å². The number of para-hydroxylation sites is 2. The van der Waals surface area contributed by atoms with Crippen LogP contribution in [0.3, 0.4) is 0 Å². The molecule has 0 aliphatic heterocycles. The van der Waals surface area contributed by atoms with Gasteiger partial charge in [0.05, 0.1) is 34.5 Å². The van der Waals surface area contributed by atoms with Gasteiger partial charge in [-0.3, -0.25) is 19.2 Å². The van der Waals surface area contributed by atoms with Crippen molar-refractivity contribution in [2.75, 3.05) is 28.4 Å². The summed E-state index contributed by atoms with van der Waals surface area (Å²) in [6.07, 6.45) is -0.237. The first-order valence-corrected chi connectivity index (χ1v) is 10.2. The summed E-state index contributed by atoms with van der Waals surface area (Å²) in [5.74, 6) is -4.35. The van der Waals surface area contributed by atoms with Crippen LogP contribution in [0.15, 0.2) is 48.5 Å². The quantitative estimate of drug-likeness (QED) is 0.329. The summed E-state index contributed by atoms with van der Waals surface area (Å²) in [6.45, 7) is 0. The van der Waals surface area contributed by atoms with E-state index in [1.54, 1.807) is 4.57 Å². The molecule has 0 saturated heterocycles. The number of ether oxygens (including phenoxy) is 4. The van der Waals surface area contributed by atoms with E-state index in [4.69, 9.17) is 18.9 Å². The Kier molecular flexibility index (Phi) is 5.35. The topological polar surface area (TPSA) is 110 Å². The first-order valence-electron chi connectivity index (χ1n) is 10.2. The molecule has 0 N–H and O–H groups in total. The molecular formula is C24H23NO8. The molecule has 33 heavy (non-hydrogen) atoms. The third-order valence-corrected chi connectivity index (χ3v) is 6.68.